The fourth-order valence-electron chi connectivity index (χ4n) is 3.79. The Hall–Kier alpha value is -3.10. The van der Waals surface area contributed by atoms with Gasteiger partial charge in [0.15, 0.2) is 0 Å². The summed E-state index contributed by atoms with van der Waals surface area (Å²) in [6.07, 6.45) is 4.60. The molecule has 3 rings (SSSR count). The molecule has 1 aliphatic rings. The van der Waals surface area contributed by atoms with E-state index in [1.807, 2.05) is 0 Å². The first-order chi connectivity index (χ1) is 16.6. The Morgan fingerprint density at radius 2 is 1.74 bits per heavy atom. The van der Waals surface area contributed by atoms with E-state index in [4.69, 9.17) is 4.79 Å². The van der Waals surface area contributed by atoms with Crippen LogP contribution in [0.5, 0.6) is 0 Å². The van der Waals surface area contributed by atoms with E-state index in [1.165, 1.54) is 37.7 Å². The van der Waals surface area contributed by atoms with Crippen molar-refractivity contribution in [3.8, 4) is 11.1 Å². The third-order valence-corrected chi connectivity index (χ3v) is 5.67. The van der Waals surface area contributed by atoms with E-state index in [1.54, 1.807) is 6.08 Å². The van der Waals surface area contributed by atoms with E-state index in [-0.39, 0.29) is 17.3 Å². The van der Waals surface area contributed by atoms with E-state index < -0.39 is 29.6 Å². The molecule has 1 fully saturated rings. The van der Waals surface area contributed by atoms with Crippen molar-refractivity contribution in [3.63, 3.8) is 0 Å². The number of allylic oxidation sites excluding steroid dienone is 2. The summed E-state index contributed by atoms with van der Waals surface area (Å²) in [5.74, 6) is -3.48. The summed E-state index contributed by atoms with van der Waals surface area (Å²) < 4.78 is 73.5. The van der Waals surface area contributed by atoms with Gasteiger partial charge in [-0.3, -0.25) is 14.6 Å². The van der Waals surface area contributed by atoms with Crippen molar-refractivity contribution in [2.24, 2.45) is 5.92 Å². The quantitative estimate of drug-likeness (QED) is 0.177. The Labute approximate surface area is 201 Å². The predicted octanol–water partition coefficient (Wildman–Crippen LogP) is 7.13. The smallest absolute Gasteiger partial charge is 0.416 e. The summed E-state index contributed by atoms with van der Waals surface area (Å²) in [6, 6.07) is 5.49. The molecular weight excluding hydrogens is 469 g/mol. The summed E-state index contributed by atoms with van der Waals surface area (Å²) in [5.41, 5.74) is -1.47. The molecule has 2 aromatic rings. The lowest BCUT2D eigenvalue weighted by atomic mass is 9.94. The number of carbonyl (C=O) groups is 2. The van der Waals surface area contributed by atoms with E-state index >= 15 is 0 Å². The fourth-order valence-corrected chi connectivity index (χ4v) is 3.79. The van der Waals surface area contributed by atoms with E-state index in [0.29, 0.717) is 30.9 Å². The van der Waals surface area contributed by atoms with Crippen LogP contribution in [0.1, 0.15) is 56.1 Å². The number of carbonyl (C=O) groups excluding carboxylic acids is 2. The van der Waals surface area contributed by atoms with Gasteiger partial charge in [0.25, 0.3) is 12.4 Å². The SMILES string of the molecule is COC=O.O=C1CCCCCC1C/C=C/CC(F)(F)c1cc(-c2cccnc2)cc(C(F)(F)F)c1. The number of methoxy groups -OCH3 is 1. The second-order valence-corrected chi connectivity index (χ2v) is 8.25. The fraction of sp³-hybridized carbons (Fsp3) is 0.423. The van der Waals surface area contributed by atoms with Gasteiger partial charge in [0, 0.05) is 42.3 Å². The van der Waals surface area contributed by atoms with Crippen molar-refractivity contribution >= 4 is 12.3 Å². The van der Waals surface area contributed by atoms with Crippen LogP contribution in [0.3, 0.4) is 0 Å². The largest absolute Gasteiger partial charge is 0.471 e. The number of hydrogen-bond acceptors (Lipinski definition) is 4. The summed E-state index contributed by atoms with van der Waals surface area (Å²) in [4.78, 5) is 24.8. The van der Waals surface area contributed by atoms with Gasteiger partial charge in [0.2, 0.25) is 0 Å². The maximum Gasteiger partial charge on any atom is 0.416 e. The maximum absolute atomic E-state index is 14.8. The van der Waals surface area contributed by atoms with Crippen molar-refractivity contribution in [3.05, 3.63) is 66.0 Å². The summed E-state index contributed by atoms with van der Waals surface area (Å²) in [6.45, 7) is 0.375. The molecule has 0 bridgehead atoms. The molecule has 9 heteroatoms. The molecule has 0 saturated heterocycles. The third-order valence-electron chi connectivity index (χ3n) is 5.67. The average molecular weight is 498 g/mol. The summed E-state index contributed by atoms with van der Waals surface area (Å²) in [7, 11) is 1.31. The molecule has 1 saturated carbocycles. The van der Waals surface area contributed by atoms with Crippen LogP contribution in [0.4, 0.5) is 22.0 Å². The van der Waals surface area contributed by atoms with Crippen molar-refractivity contribution in [2.45, 2.75) is 57.0 Å². The number of halogens is 5. The van der Waals surface area contributed by atoms with Crippen LogP contribution in [0, 0.1) is 5.92 Å². The van der Waals surface area contributed by atoms with Gasteiger partial charge in [-0.2, -0.15) is 13.2 Å². The van der Waals surface area contributed by atoms with E-state index in [0.717, 1.165) is 37.8 Å². The van der Waals surface area contributed by atoms with Gasteiger partial charge in [-0.15, -0.1) is 0 Å². The normalized spacial score (nSPS) is 16.9. The second-order valence-electron chi connectivity index (χ2n) is 8.25. The van der Waals surface area contributed by atoms with Gasteiger partial charge in [-0.05, 0) is 49.1 Å². The van der Waals surface area contributed by atoms with Crippen molar-refractivity contribution < 1.29 is 36.3 Å². The zero-order chi connectivity index (χ0) is 25.9. The molecule has 1 aliphatic carbocycles. The minimum absolute atomic E-state index is 0.0330. The highest BCUT2D eigenvalue weighted by Gasteiger charge is 2.36. The van der Waals surface area contributed by atoms with Crippen LogP contribution in [0.15, 0.2) is 54.9 Å². The van der Waals surface area contributed by atoms with Crippen LogP contribution in [0.2, 0.25) is 0 Å². The Kier molecular flexibility index (Phi) is 10.5. The van der Waals surface area contributed by atoms with Crippen LogP contribution in [-0.4, -0.2) is 24.3 Å². The van der Waals surface area contributed by atoms with E-state index in [9.17, 15) is 26.7 Å². The van der Waals surface area contributed by atoms with E-state index in [2.05, 4.69) is 9.72 Å². The Balaban J connectivity index is 0.00000100. The van der Waals surface area contributed by atoms with Crippen molar-refractivity contribution in [1.29, 1.82) is 0 Å². The van der Waals surface area contributed by atoms with Crippen molar-refractivity contribution in [2.75, 3.05) is 7.11 Å². The number of ether oxygens (including phenoxy) is 1. The minimum Gasteiger partial charge on any atom is -0.471 e. The average Bonchev–Trinajstić information content (AvgIpc) is 3.05. The third kappa shape index (κ3) is 8.88. The van der Waals surface area contributed by atoms with Crippen LogP contribution in [-0.2, 0) is 26.4 Å². The molecule has 1 aromatic heterocycles. The monoisotopic (exact) mass is 497 g/mol. The molecule has 0 radical (unpaired) electrons. The first-order valence-electron chi connectivity index (χ1n) is 11.2. The lowest BCUT2D eigenvalue weighted by molar-refractivity contribution is -0.137. The number of Topliss-reactive ketones (excluding diaryl/α,β-unsaturated/α-hetero) is 1. The molecule has 1 unspecified atom stereocenters. The lowest BCUT2D eigenvalue weighted by Gasteiger charge is -2.19. The molecule has 35 heavy (non-hydrogen) atoms. The maximum atomic E-state index is 14.8. The number of ketones is 1. The molecular formula is C26H28F5NO3. The highest BCUT2D eigenvalue weighted by Crippen LogP contribution is 2.39. The number of aromatic nitrogens is 1. The topological polar surface area (TPSA) is 56.3 Å². The summed E-state index contributed by atoms with van der Waals surface area (Å²) >= 11 is 0. The van der Waals surface area contributed by atoms with Gasteiger partial charge in [-0.1, -0.05) is 31.1 Å². The van der Waals surface area contributed by atoms with Gasteiger partial charge < -0.3 is 4.74 Å². The second kappa shape index (κ2) is 13.1. The molecule has 1 heterocycles. The van der Waals surface area contributed by atoms with Gasteiger partial charge in [-0.25, -0.2) is 8.78 Å². The van der Waals surface area contributed by atoms with Gasteiger partial charge in [0.1, 0.15) is 5.78 Å². The molecule has 1 atom stereocenters. The standard InChI is InChI=1S/C24H24F5NO.C2H4O2/c25-23(26,11-5-4-8-17-7-2-1-3-10-22(17)31)20-13-19(18-9-6-12-30-16-18)14-21(15-20)24(27,28)29;1-4-2-3/h4-6,9,12-17H,1-3,7-8,10-11H2;2H,1H3/b5-4+;. The molecule has 0 N–H and O–H groups in total. The Morgan fingerprint density at radius 1 is 1.03 bits per heavy atom. The molecule has 190 valence electrons. The Morgan fingerprint density at radius 3 is 2.37 bits per heavy atom. The minimum atomic E-state index is -4.75. The first-order valence-corrected chi connectivity index (χ1v) is 11.2. The number of benzene rings is 1. The predicted molar refractivity (Wildman–Crippen MR) is 122 cm³/mol. The van der Waals surface area contributed by atoms with Gasteiger partial charge in [0.05, 0.1) is 12.7 Å². The molecule has 0 amide bonds. The number of alkyl halides is 5. The van der Waals surface area contributed by atoms with Gasteiger partial charge >= 0.3 is 6.18 Å². The molecule has 0 spiro atoms. The molecule has 0 aliphatic heterocycles. The highest BCUT2D eigenvalue weighted by atomic mass is 19.4. The number of nitrogens with zero attached hydrogens (tertiary/aromatic N) is 1. The lowest BCUT2D eigenvalue weighted by Crippen LogP contribution is -2.15. The number of hydrogen-bond donors (Lipinski definition) is 0. The zero-order valence-electron chi connectivity index (χ0n) is 19.4. The van der Waals surface area contributed by atoms with Crippen LogP contribution < -0.4 is 0 Å². The van der Waals surface area contributed by atoms with Crippen LogP contribution in [0.25, 0.3) is 11.1 Å². The molecule has 4 nitrogen and oxygen atoms in total. The van der Waals surface area contributed by atoms with Crippen molar-refractivity contribution in [1.82, 2.24) is 4.98 Å². The van der Waals surface area contributed by atoms with Crippen LogP contribution >= 0.6 is 0 Å². The summed E-state index contributed by atoms with van der Waals surface area (Å²) in [5, 5.41) is 0. The number of pyridine rings is 1. The highest BCUT2D eigenvalue weighted by molar-refractivity contribution is 5.81. The first kappa shape index (κ1) is 28.1. The molecule has 1 aromatic carbocycles. The number of rotatable bonds is 7. The Bertz CT molecular complexity index is 990. The zero-order valence-corrected chi connectivity index (χ0v) is 19.4.